The summed E-state index contributed by atoms with van der Waals surface area (Å²) >= 11 is 0. The van der Waals surface area contributed by atoms with Crippen LogP contribution < -0.4 is 15.4 Å². The van der Waals surface area contributed by atoms with Crippen molar-refractivity contribution in [1.82, 2.24) is 0 Å². The number of ether oxygens (including phenoxy) is 1. The lowest BCUT2D eigenvalue weighted by atomic mass is 10.1. The Kier molecular flexibility index (Phi) is 6.19. The van der Waals surface area contributed by atoms with Crippen LogP contribution in [-0.2, 0) is 6.54 Å². The molecule has 0 radical (unpaired) electrons. The van der Waals surface area contributed by atoms with Gasteiger partial charge in [-0.2, -0.15) is 0 Å². The highest BCUT2D eigenvalue weighted by atomic mass is 35.5. The Bertz CT molecular complexity index is 546. The topological polar surface area (TPSA) is 38.5 Å². The predicted molar refractivity (Wildman–Crippen MR) is 87.8 cm³/mol. The Morgan fingerprint density at radius 3 is 2.50 bits per heavy atom. The Labute approximate surface area is 126 Å². The van der Waals surface area contributed by atoms with Crippen LogP contribution in [0.4, 0.5) is 11.4 Å². The van der Waals surface area contributed by atoms with Crippen LogP contribution in [-0.4, -0.2) is 13.7 Å². The molecule has 4 heteroatoms. The lowest BCUT2D eigenvalue weighted by Crippen LogP contribution is -2.21. The summed E-state index contributed by atoms with van der Waals surface area (Å²) in [6.45, 7) is 3.92. The highest BCUT2D eigenvalue weighted by molar-refractivity contribution is 5.85. The van der Waals surface area contributed by atoms with Crippen molar-refractivity contribution in [3.63, 3.8) is 0 Å². The fourth-order valence-electron chi connectivity index (χ4n) is 2.10. The largest absolute Gasteiger partial charge is 0.497 e. The van der Waals surface area contributed by atoms with E-state index in [0.29, 0.717) is 0 Å². The fourth-order valence-corrected chi connectivity index (χ4v) is 2.10. The molecule has 0 saturated heterocycles. The molecule has 0 unspecified atom stereocenters. The molecule has 0 aromatic heterocycles. The van der Waals surface area contributed by atoms with E-state index in [2.05, 4.69) is 30.0 Å². The van der Waals surface area contributed by atoms with Crippen LogP contribution in [0.5, 0.6) is 5.75 Å². The molecule has 20 heavy (non-hydrogen) atoms. The van der Waals surface area contributed by atoms with Crippen LogP contribution in [0.2, 0.25) is 0 Å². The van der Waals surface area contributed by atoms with Crippen molar-refractivity contribution in [2.24, 2.45) is 0 Å². The number of nitrogen functional groups attached to an aromatic ring is 1. The molecule has 3 nitrogen and oxygen atoms in total. The first-order valence-electron chi connectivity index (χ1n) is 6.46. The number of halogens is 1. The zero-order valence-electron chi connectivity index (χ0n) is 11.9. The Morgan fingerprint density at radius 1 is 1.10 bits per heavy atom. The van der Waals surface area contributed by atoms with E-state index in [9.17, 15) is 0 Å². The Hall–Kier alpha value is -1.87. The Balaban J connectivity index is 0.00000200. The van der Waals surface area contributed by atoms with Gasteiger partial charge in [0, 0.05) is 30.5 Å². The standard InChI is InChI=1S/C16H20N2O.ClH/c1-3-18(12-13-6-4-7-14(17)10-13)15-8-5-9-16(11-15)19-2;/h4-11H,3,12,17H2,1-2H3;1H. The molecule has 0 aliphatic carbocycles. The highest BCUT2D eigenvalue weighted by Gasteiger charge is 2.06. The van der Waals surface area contributed by atoms with Gasteiger partial charge in [-0.1, -0.05) is 18.2 Å². The van der Waals surface area contributed by atoms with E-state index in [-0.39, 0.29) is 12.4 Å². The van der Waals surface area contributed by atoms with E-state index < -0.39 is 0 Å². The summed E-state index contributed by atoms with van der Waals surface area (Å²) in [5, 5.41) is 0. The monoisotopic (exact) mass is 292 g/mol. The van der Waals surface area contributed by atoms with Gasteiger partial charge >= 0.3 is 0 Å². The van der Waals surface area contributed by atoms with Crippen molar-refractivity contribution in [3.8, 4) is 5.75 Å². The van der Waals surface area contributed by atoms with Crippen molar-refractivity contribution in [2.75, 3.05) is 24.3 Å². The molecule has 0 bridgehead atoms. The third-order valence-electron chi connectivity index (χ3n) is 3.12. The van der Waals surface area contributed by atoms with Gasteiger partial charge < -0.3 is 15.4 Å². The predicted octanol–water partition coefficient (Wildman–Crippen LogP) is 3.73. The SMILES string of the molecule is CCN(Cc1cccc(N)c1)c1cccc(OC)c1.Cl. The first kappa shape index (κ1) is 16.2. The summed E-state index contributed by atoms with van der Waals surface area (Å²) < 4.78 is 5.27. The van der Waals surface area contributed by atoms with Crippen molar-refractivity contribution in [2.45, 2.75) is 13.5 Å². The molecule has 2 aromatic carbocycles. The van der Waals surface area contributed by atoms with Crippen LogP contribution in [0.1, 0.15) is 12.5 Å². The fraction of sp³-hybridized carbons (Fsp3) is 0.250. The molecule has 108 valence electrons. The van der Waals surface area contributed by atoms with Crippen molar-refractivity contribution in [3.05, 3.63) is 54.1 Å². The quantitative estimate of drug-likeness (QED) is 0.854. The van der Waals surface area contributed by atoms with Gasteiger partial charge in [0.05, 0.1) is 7.11 Å². The molecule has 0 heterocycles. The Morgan fingerprint density at radius 2 is 1.85 bits per heavy atom. The lowest BCUT2D eigenvalue weighted by Gasteiger charge is -2.23. The average Bonchev–Trinajstić information content (AvgIpc) is 2.45. The van der Waals surface area contributed by atoms with E-state index in [1.165, 1.54) is 5.56 Å². The van der Waals surface area contributed by atoms with Crippen molar-refractivity contribution < 1.29 is 4.74 Å². The van der Waals surface area contributed by atoms with Crippen molar-refractivity contribution >= 4 is 23.8 Å². The number of nitrogens with two attached hydrogens (primary N) is 1. The minimum Gasteiger partial charge on any atom is -0.497 e. The molecule has 2 aromatic rings. The van der Waals surface area contributed by atoms with Gasteiger partial charge in [0.25, 0.3) is 0 Å². The first-order chi connectivity index (χ1) is 9.22. The first-order valence-corrected chi connectivity index (χ1v) is 6.46. The second-order valence-corrected chi connectivity index (χ2v) is 4.46. The highest BCUT2D eigenvalue weighted by Crippen LogP contribution is 2.22. The van der Waals surface area contributed by atoms with Crippen LogP contribution >= 0.6 is 12.4 Å². The second kappa shape index (κ2) is 7.65. The summed E-state index contributed by atoms with van der Waals surface area (Å²) in [7, 11) is 1.69. The van der Waals surface area contributed by atoms with E-state index in [1.54, 1.807) is 7.11 Å². The van der Waals surface area contributed by atoms with E-state index in [0.717, 1.165) is 30.2 Å². The van der Waals surface area contributed by atoms with Gasteiger partial charge in [-0.05, 0) is 36.8 Å². The second-order valence-electron chi connectivity index (χ2n) is 4.46. The summed E-state index contributed by atoms with van der Waals surface area (Å²) in [6, 6.07) is 16.1. The molecule has 2 N–H and O–H groups in total. The van der Waals surface area contributed by atoms with Gasteiger partial charge in [-0.25, -0.2) is 0 Å². The smallest absolute Gasteiger partial charge is 0.120 e. The number of hydrogen-bond donors (Lipinski definition) is 1. The van der Waals surface area contributed by atoms with Crippen LogP contribution in [0, 0.1) is 0 Å². The molecule has 0 spiro atoms. The normalized spacial score (nSPS) is 9.70. The number of hydrogen-bond acceptors (Lipinski definition) is 3. The number of nitrogens with zero attached hydrogens (tertiary/aromatic N) is 1. The lowest BCUT2D eigenvalue weighted by molar-refractivity contribution is 0.415. The summed E-state index contributed by atoms with van der Waals surface area (Å²) in [5.74, 6) is 0.878. The van der Waals surface area contributed by atoms with Crippen molar-refractivity contribution in [1.29, 1.82) is 0 Å². The molecular weight excluding hydrogens is 272 g/mol. The summed E-state index contributed by atoms with van der Waals surface area (Å²) in [6.07, 6.45) is 0. The van der Waals surface area contributed by atoms with Gasteiger partial charge in [0.2, 0.25) is 0 Å². The minimum absolute atomic E-state index is 0. The number of benzene rings is 2. The number of methoxy groups -OCH3 is 1. The summed E-state index contributed by atoms with van der Waals surface area (Å²) in [5.41, 5.74) is 9.00. The van der Waals surface area contributed by atoms with Crippen LogP contribution in [0.3, 0.4) is 0 Å². The third-order valence-corrected chi connectivity index (χ3v) is 3.12. The maximum absolute atomic E-state index is 5.82. The number of anilines is 2. The van der Waals surface area contributed by atoms with E-state index >= 15 is 0 Å². The van der Waals surface area contributed by atoms with E-state index in [4.69, 9.17) is 10.5 Å². The maximum atomic E-state index is 5.82. The minimum atomic E-state index is 0. The van der Waals surface area contributed by atoms with Gasteiger partial charge in [0.15, 0.2) is 0 Å². The van der Waals surface area contributed by atoms with Crippen LogP contribution in [0.25, 0.3) is 0 Å². The van der Waals surface area contributed by atoms with Crippen LogP contribution in [0.15, 0.2) is 48.5 Å². The third kappa shape index (κ3) is 4.07. The summed E-state index contributed by atoms with van der Waals surface area (Å²) in [4.78, 5) is 2.29. The molecule has 0 aliphatic rings. The molecule has 0 amide bonds. The van der Waals surface area contributed by atoms with Gasteiger partial charge in [0.1, 0.15) is 5.75 Å². The molecular formula is C16H21ClN2O. The maximum Gasteiger partial charge on any atom is 0.120 e. The zero-order valence-corrected chi connectivity index (χ0v) is 12.7. The molecule has 0 aliphatic heterocycles. The van der Waals surface area contributed by atoms with Gasteiger partial charge in [-0.15, -0.1) is 12.4 Å². The molecule has 0 saturated carbocycles. The average molecular weight is 293 g/mol. The number of rotatable bonds is 5. The zero-order chi connectivity index (χ0) is 13.7. The molecule has 0 fully saturated rings. The van der Waals surface area contributed by atoms with E-state index in [1.807, 2.05) is 30.3 Å². The van der Waals surface area contributed by atoms with Gasteiger partial charge in [-0.3, -0.25) is 0 Å². The molecule has 0 atom stereocenters. The molecule has 2 rings (SSSR count).